The van der Waals surface area contributed by atoms with E-state index < -0.39 is 5.97 Å². The fourth-order valence-electron chi connectivity index (χ4n) is 3.86. The average molecular weight is 460 g/mol. The largest absolute Gasteiger partial charge is 0.487 e. The predicted molar refractivity (Wildman–Crippen MR) is 130 cm³/mol. The van der Waals surface area contributed by atoms with E-state index in [1.165, 1.54) is 0 Å². The minimum atomic E-state index is -0.888. The maximum atomic E-state index is 11.4. The van der Waals surface area contributed by atoms with Crippen LogP contribution in [0.2, 0.25) is 0 Å². The SMILES string of the molecule is CCCOc1cc(COc2c(CC)cccc2CC(=O)O)n(Cc2ccc3ccccc3n2)n1. The highest BCUT2D eigenvalue weighted by molar-refractivity contribution is 5.78. The van der Waals surface area contributed by atoms with Gasteiger partial charge in [-0.05, 0) is 30.5 Å². The molecule has 0 aliphatic carbocycles. The van der Waals surface area contributed by atoms with Gasteiger partial charge < -0.3 is 14.6 Å². The molecule has 0 saturated carbocycles. The van der Waals surface area contributed by atoms with Crippen molar-refractivity contribution < 1.29 is 19.4 Å². The summed E-state index contributed by atoms with van der Waals surface area (Å²) in [6, 6.07) is 19.6. The summed E-state index contributed by atoms with van der Waals surface area (Å²) < 4.78 is 13.8. The Labute approximate surface area is 199 Å². The van der Waals surface area contributed by atoms with E-state index in [-0.39, 0.29) is 13.0 Å². The molecule has 7 nitrogen and oxygen atoms in total. The molecule has 7 heteroatoms. The number of rotatable bonds is 11. The molecule has 0 aliphatic rings. The molecule has 0 bridgehead atoms. The minimum Gasteiger partial charge on any atom is -0.487 e. The highest BCUT2D eigenvalue weighted by atomic mass is 16.5. The van der Waals surface area contributed by atoms with E-state index in [9.17, 15) is 9.90 Å². The molecule has 0 radical (unpaired) electrons. The lowest BCUT2D eigenvalue weighted by Crippen LogP contribution is -2.12. The van der Waals surface area contributed by atoms with Gasteiger partial charge >= 0.3 is 5.97 Å². The van der Waals surface area contributed by atoms with Crippen LogP contribution in [0.3, 0.4) is 0 Å². The van der Waals surface area contributed by atoms with Gasteiger partial charge in [0.15, 0.2) is 0 Å². The summed E-state index contributed by atoms with van der Waals surface area (Å²) >= 11 is 0. The molecule has 4 rings (SSSR count). The molecular formula is C27H29N3O4. The second-order valence-corrected chi connectivity index (χ2v) is 8.09. The number of carboxylic acids is 1. The lowest BCUT2D eigenvalue weighted by Gasteiger charge is -2.15. The van der Waals surface area contributed by atoms with Crippen molar-refractivity contribution in [3.8, 4) is 11.6 Å². The Kier molecular flexibility index (Phi) is 7.42. The van der Waals surface area contributed by atoms with Crippen LogP contribution >= 0.6 is 0 Å². The number of ether oxygens (including phenoxy) is 2. The maximum absolute atomic E-state index is 11.4. The number of hydrogen-bond acceptors (Lipinski definition) is 5. The highest BCUT2D eigenvalue weighted by Gasteiger charge is 2.15. The van der Waals surface area contributed by atoms with Gasteiger partial charge in [0.2, 0.25) is 5.88 Å². The van der Waals surface area contributed by atoms with Crippen molar-refractivity contribution in [2.24, 2.45) is 0 Å². The topological polar surface area (TPSA) is 86.5 Å². The van der Waals surface area contributed by atoms with Gasteiger partial charge in [-0.25, -0.2) is 0 Å². The van der Waals surface area contributed by atoms with Crippen LogP contribution < -0.4 is 9.47 Å². The zero-order valence-corrected chi connectivity index (χ0v) is 19.5. The fourth-order valence-corrected chi connectivity index (χ4v) is 3.86. The molecule has 34 heavy (non-hydrogen) atoms. The molecule has 2 aromatic heterocycles. The van der Waals surface area contributed by atoms with Crippen molar-refractivity contribution in [2.45, 2.75) is 46.3 Å². The Morgan fingerprint density at radius 1 is 1.00 bits per heavy atom. The molecule has 2 aromatic carbocycles. The number of para-hydroxylation sites is 2. The molecule has 0 saturated heterocycles. The summed E-state index contributed by atoms with van der Waals surface area (Å²) in [6.45, 7) is 5.35. The molecule has 0 spiro atoms. The Bertz CT molecular complexity index is 1280. The van der Waals surface area contributed by atoms with Gasteiger partial charge in [0, 0.05) is 17.0 Å². The van der Waals surface area contributed by atoms with E-state index >= 15 is 0 Å². The van der Waals surface area contributed by atoms with Crippen LogP contribution in [0, 0.1) is 0 Å². The van der Waals surface area contributed by atoms with E-state index in [2.05, 4.69) is 11.2 Å². The van der Waals surface area contributed by atoms with Gasteiger partial charge in [-0.15, -0.1) is 5.10 Å². The summed E-state index contributed by atoms with van der Waals surface area (Å²) in [5, 5.41) is 15.0. The van der Waals surface area contributed by atoms with Crippen molar-refractivity contribution in [1.82, 2.24) is 14.8 Å². The van der Waals surface area contributed by atoms with Gasteiger partial charge in [0.1, 0.15) is 12.4 Å². The van der Waals surface area contributed by atoms with E-state index in [0.717, 1.165) is 40.7 Å². The van der Waals surface area contributed by atoms with Gasteiger partial charge in [-0.3, -0.25) is 14.5 Å². The summed E-state index contributed by atoms with van der Waals surface area (Å²) in [5.41, 5.74) is 4.28. The summed E-state index contributed by atoms with van der Waals surface area (Å²) in [6.07, 6.45) is 1.54. The summed E-state index contributed by atoms with van der Waals surface area (Å²) in [5.74, 6) is 0.275. The zero-order chi connectivity index (χ0) is 23.9. The average Bonchev–Trinajstić information content (AvgIpc) is 3.22. The number of aromatic nitrogens is 3. The summed E-state index contributed by atoms with van der Waals surface area (Å²) in [7, 11) is 0. The molecule has 0 amide bonds. The molecule has 176 valence electrons. The van der Waals surface area contributed by atoms with Crippen molar-refractivity contribution in [1.29, 1.82) is 0 Å². The van der Waals surface area contributed by atoms with Crippen LogP contribution in [-0.4, -0.2) is 32.4 Å². The monoisotopic (exact) mass is 459 g/mol. The number of carboxylic acid groups (broad SMARTS) is 1. The van der Waals surface area contributed by atoms with Crippen LogP contribution in [0.15, 0.2) is 60.7 Å². The number of benzene rings is 2. The standard InChI is InChI=1S/C27H29N3O4/c1-3-14-33-25-16-23(18-34-27-19(4-2)9-7-10-21(27)15-26(31)32)30(29-25)17-22-13-12-20-8-5-6-11-24(20)28-22/h5-13,16H,3-4,14-15,17-18H2,1-2H3,(H,31,32). The van der Waals surface area contributed by atoms with E-state index in [1.54, 1.807) is 6.07 Å². The van der Waals surface area contributed by atoms with Crippen LogP contribution in [0.5, 0.6) is 11.6 Å². The van der Waals surface area contributed by atoms with E-state index in [4.69, 9.17) is 14.5 Å². The van der Waals surface area contributed by atoms with E-state index in [1.807, 2.05) is 67.1 Å². The Balaban J connectivity index is 1.61. The van der Waals surface area contributed by atoms with Crippen LogP contribution in [0.4, 0.5) is 0 Å². The normalized spacial score (nSPS) is 11.0. The molecule has 0 atom stereocenters. The maximum Gasteiger partial charge on any atom is 0.307 e. The number of nitrogens with zero attached hydrogens (tertiary/aromatic N) is 3. The Hall–Kier alpha value is -3.87. The molecule has 0 fully saturated rings. The fraction of sp³-hybridized carbons (Fsp3) is 0.296. The number of hydrogen-bond donors (Lipinski definition) is 1. The quantitative estimate of drug-likeness (QED) is 0.338. The first-order valence-corrected chi connectivity index (χ1v) is 11.6. The van der Waals surface area contributed by atoms with Crippen molar-refractivity contribution in [2.75, 3.05) is 6.61 Å². The predicted octanol–water partition coefficient (Wildman–Crippen LogP) is 5.04. The van der Waals surface area contributed by atoms with Crippen LogP contribution in [-0.2, 0) is 30.8 Å². The van der Waals surface area contributed by atoms with Gasteiger partial charge in [-0.2, -0.15) is 0 Å². The van der Waals surface area contributed by atoms with Crippen LogP contribution in [0.25, 0.3) is 10.9 Å². The smallest absolute Gasteiger partial charge is 0.307 e. The van der Waals surface area contributed by atoms with Crippen molar-refractivity contribution in [3.05, 3.63) is 83.2 Å². The Morgan fingerprint density at radius 2 is 1.82 bits per heavy atom. The van der Waals surface area contributed by atoms with E-state index in [0.29, 0.717) is 30.3 Å². The van der Waals surface area contributed by atoms with Crippen molar-refractivity contribution in [3.63, 3.8) is 0 Å². The molecule has 0 unspecified atom stereocenters. The molecule has 2 heterocycles. The molecule has 1 N–H and O–H groups in total. The number of fused-ring (bicyclic) bond motifs is 1. The third-order valence-electron chi connectivity index (χ3n) is 5.53. The third kappa shape index (κ3) is 5.54. The Morgan fingerprint density at radius 3 is 2.62 bits per heavy atom. The third-order valence-corrected chi connectivity index (χ3v) is 5.53. The van der Waals surface area contributed by atoms with Gasteiger partial charge in [0.25, 0.3) is 0 Å². The second-order valence-electron chi connectivity index (χ2n) is 8.09. The number of carbonyl (C=O) groups is 1. The van der Waals surface area contributed by atoms with Gasteiger partial charge in [-0.1, -0.05) is 56.3 Å². The molecular weight excluding hydrogens is 430 g/mol. The van der Waals surface area contributed by atoms with Crippen molar-refractivity contribution >= 4 is 16.9 Å². The molecule has 4 aromatic rings. The number of aryl methyl sites for hydroxylation is 1. The minimum absolute atomic E-state index is 0.0890. The first-order chi connectivity index (χ1) is 16.6. The second kappa shape index (κ2) is 10.8. The first kappa shape index (κ1) is 23.3. The first-order valence-electron chi connectivity index (χ1n) is 11.6. The van der Waals surface area contributed by atoms with Gasteiger partial charge in [0.05, 0.1) is 36.5 Å². The number of pyridine rings is 1. The molecule has 0 aliphatic heterocycles. The van der Waals surface area contributed by atoms with Crippen LogP contribution in [0.1, 0.15) is 42.8 Å². The zero-order valence-electron chi connectivity index (χ0n) is 19.5. The summed E-state index contributed by atoms with van der Waals surface area (Å²) in [4.78, 5) is 16.1. The highest BCUT2D eigenvalue weighted by Crippen LogP contribution is 2.27. The number of aliphatic carboxylic acids is 1. The lowest BCUT2D eigenvalue weighted by atomic mass is 10.0. The lowest BCUT2D eigenvalue weighted by molar-refractivity contribution is -0.136.